The van der Waals surface area contributed by atoms with Gasteiger partial charge in [0.2, 0.25) is 5.76 Å². The van der Waals surface area contributed by atoms with Gasteiger partial charge in [-0.1, -0.05) is 18.2 Å². The number of nitriles is 1. The van der Waals surface area contributed by atoms with E-state index in [9.17, 15) is 14.9 Å². The summed E-state index contributed by atoms with van der Waals surface area (Å²) >= 11 is 1.28. The minimum Gasteiger partial charge on any atom is -0.463 e. The number of anilines is 1. The largest absolute Gasteiger partial charge is 0.463 e. The number of hydrogen-bond acceptors (Lipinski definition) is 7. The van der Waals surface area contributed by atoms with Crippen molar-refractivity contribution in [2.75, 3.05) is 12.4 Å². The van der Waals surface area contributed by atoms with Gasteiger partial charge in [0, 0.05) is 17.0 Å². The highest BCUT2D eigenvalue weighted by Crippen LogP contribution is 2.28. The first-order valence-electron chi connectivity index (χ1n) is 8.59. The smallest absolute Gasteiger partial charge is 0.374 e. The van der Waals surface area contributed by atoms with Gasteiger partial charge >= 0.3 is 5.97 Å². The van der Waals surface area contributed by atoms with Crippen molar-refractivity contribution in [3.8, 4) is 6.07 Å². The maximum Gasteiger partial charge on any atom is 0.374 e. The number of furan rings is 1. The topological polar surface area (TPSA) is 105 Å². The van der Waals surface area contributed by atoms with Gasteiger partial charge in [-0.25, -0.2) is 9.78 Å². The first-order valence-corrected chi connectivity index (χ1v) is 9.57. The number of benzene rings is 1. The predicted octanol–water partition coefficient (Wildman–Crippen LogP) is 4.19. The third-order valence-electron chi connectivity index (χ3n) is 4.06. The number of carbonyl (C=O) groups excluding carboxylic acids is 2. The molecule has 2 heterocycles. The molecule has 7 nitrogen and oxygen atoms in total. The molecule has 0 spiro atoms. The second kappa shape index (κ2) is 9.08. The molecule has 1 amide bonds. The lowest BCUT2D eigenvalue weighted by Crippen LogP contribution is -2.15. The number of aryl methyl sites for hydroxylation is 1. The van der Waals surface area contributed by atoms with Gasteiger partial charge in [-0.3, -0.25) is 4.79 Å². The summed E-state index contributed by atoms with van der Waals surface area (Å²) < 4.78 is 9.85. The molecule has 0 radical (unpaired) electrons. The molecular weight excluding hydrogens is 390 g/mol. The van der Waals surface area contributed by atoms with Gasteiger partial charge in [0.05, 0.1) is 30.2 Å². The predicted molar refractivity (Wildman–Crippen MR) is 108 cm³/mol. The summed E-state index contributed by atoms with van der Waals surface area (Å²) in [6.45, 7) is 1.71. The SMILES string of the molecule is COC(=O)c1occc1CSc1nc(C)c(C(=O)Nc2ccccc2)cc1C#N. The van der Waals surface area contributed by atoms with E-state index in [-0.39, 0.29) is 17.2 Å². The molecule has 0 aliphatic rings. The van der Waals surface area contributed by atoms with E-state index in [2.05, 4.69) is 21.1 Å². The molecule has 0 atom stereocenters. The Labute approximate surface area is 171 Å². The zero-order chi connectivity index (χ0) is 20.8. The maximum atomic E-state index is 12.6. The van der Waals surface area contributed by atoms with Crippen molar-refractivity contribution in [1.29, 1.82) is 5.26 Å². The van der Waals surface area contributed by atoms with Crippen LogP contribution in [0.2, 0.25) is 0 Å². The van der Waals surface area contributed by atoms with Crippen LogP contribution in [0.4, 0.5) is 5.69 Å². The summed E-state index contributed by atoms with van der Waals surface area (Å²) in [5, 5.41) is 12.8. The van der Waals surface area contributed by atoms with Crippen molar-refractivity contribution < 1.29 is 18.7 Å². The van der Waals surface area contributed by atoms with Crippen LogP contribution in [0.3, 0.4) is 0 Å². The molecule has 0 bridgehead atoms. The Hall–Kier alpha value is -3.57. The van der Waals surface area contributed by atoms with E-state index in [4.69, 9.17) is 4.42 Å². The Kier molecular flexibility index (Phi) is 6.32. The Morgan fingerprint density at radius 1 is 1.28 bits per heavy atom. The van der Waals surface area contributed by atoms with Crippen molar-refractivity contribution in [3.63, 3.8) is 0 Å². The quantitative estimate of drug-likeness (QED) is 0.482. The van der Waals surface area contributed by atoms with Gasteiger partial charge in [-0.05, 0) is 31.2 Å². The van der Waals surface area contributed by atoms with E-state index in [0.29, 0.717) is 33.3 Å². The number of rotatable bonds is 6. The lowest BCUT2D eigenvalue weighted by molar-refractivity contribution is 0.0563. The maximum absolute atomic E-state index is 12.6. The summed E-state index contributed by atoms with van der Waals surface area (Å²) in [6.07, 6.45) is 1.41. The number of pyridine rings is 1. The average Bonchev–Trinajstić information content (AvgIpc) is 3.21. The lowest BCUT2D eigenvalue weighted by atomic mass is 10.1. The van der Waals surface area contributed by atoms with Crippen LogP contribution in [-0.4, -0.2) is 24.0 Å². The van der Waals surface area contributed by atoms with Crippen molar-refractivity contribution in [2.45, 2.75) is 17.7 Å². The van der Waals surface area contributed by atoms with Crippen LogP contribution < -0.4 is 5.32 Å². The molecule has 3 aromatic rings. The van der Waals surface area contributed by atoms with E-state index in [1.54, 1.807) is 25.1 Å². The molecule has 1 aromatic carbocycles. The number of esters is 1. The molecule has 3 rings (SSSR count). The van der Waals surface area contributed by atoms with Gasteiger partial charge in [0.25, 0.3) is 5.91 Å². The zero-order valence-electron chi connectivity index (χ0n) is 15.8. The Morgan fingerprint density at radius 2 is 2.03 bits per heavy atom. The number of nitrogens with one attached hydrogen (secondary N) is 1. The first-order chi connectivity index (χ1) is 14.0. The number of methoxy groups -OCH3 is 1. The minimum absolute atomic E-state index is 0.120. The zero-order valence-corrected chi connectivity index (χ0v) is 16.6. The van der Waals surface area contributed by atoms with Gasteiger partial charge < -0.3 is 14.5 Å². The van der Waals surface area contributed by atoms with E-state index >= 15 is 0 Å². The number of amides is 1. The minimum atomic E-state index is -0.567. The van der Waals surface area contributed by atoms with Crippen molar-refractivity contribution in [2.24, 2.45) is 0 Å². The highest BCUT2D eigenvalue weighted by atomic mass is 32.2. The fraction of sp³-hybridized carbons (Fsp3) is 0.143. The molecule has 0 saturated heterocycles. The number of hydrogen-bond donors (Lipinski definition) is 1. The second-order valence-corrected chi connectivity index (χ2v) is 6.93. The van der Waals surface area contributed by atoms with Gasteiger partial charge in [0.15, 0.2) is 0 Å². The third-order valence-corrected chi connectivity index (χ3v) is 5.10. The van der Waals surface area contributed by atoms with Crippen molar-refractivity contribution in [3.05, 3.63) is 76.9 Å². The van der Waals surface area contributed by atoms with Crippen LogP contribution in [0.1, 0.15) is 37.7 Å². The van der Waals surface area contributed by atoms with Crippen LogP contribution in [0, 0.1) is 18.3 Å². The highest BCUT2D eigenvalue weighted by molar-refractivity contribution is 7.98. The Morgan fingerprint density at radius 3 is 2.72 bits per heavy atom. The van der Waals surface area contributed by atoms with Crippen molar-refractivity contribution in [1.82, 2.24) is 4.98 Å². The standard InChI is InChI=1S/C21H17N3O4S/c1-13-17(19(25)24-16-6-4-3-5-7-16)10-15(11-22)20(23-13)29-12-14-8-9-28-18(14)21(26)27-2/h3-10H,12H2,1-2H3,(H,24,25). The number of aromatic nitrogens is 1. The summed E-state index contributed by atoms with van der Waals surface area (Å²) in [7, 11) is 1.28. The average molecular weight is 407 g/mol. The molecule has 0 saturated carbocycles. The summed E-state index contributed by atoms with van der Waals surface area (Å²) in [4.78, 5) is 28.7. The summed E-state index contributed by atoms with van der Waals surface area (Å²) in [5.74, 6) is -0.424. The van der Waals surface area contributed by atoms with Crippen LogP contribution in [-0.2, 0) is 10.5 Å². The Bertz CT molecular complexity index is 1090. The molecule has 0 fully saturated rings. The molecule has 0 unspecified atom stereocenters. The van der Waals surface area contributed by atoms with Crippen LogP contribution in [0.5, 0.6) is 0 Å². The summed E-state index contributed by atoms with van der Waals surface area (Å²) in [5.41, 5.74) is 2.40. The van der Waals surface area contributed by atoms with E-state index in [1.807, 2.05) is 18.2 Å². The molecule has 146 valence electrons. The van der Waals surface area contributed by atoms with Gasteiger partial charge in [-0.2, -0.15) is 5.26 Å². The third kappa shape index (κ3) is 4.65. The van der Waals surface area contributed by atoms with Gasteiger partial charge in [0.1, 0.15) is 11.1 Å². The van der Waals surface area contributed by atoms with E-state index in [0.717, 1.165) is 0 Å². The fourth-order valence-corrected chi connectivity index (χ4v) is 3.57. The number of para-hydroxylation sites is 1. The molecule has 29 heavy (non-hydrogen) atoms. The Balaban J connectivity index is 1.80. The highest BCUT2D eigenvalue weighted by Gasteiger charge is 2.19. The van der Waals surface area contributed by atoms with Crippen LogP contribution >= 0.6 is 11.8 Å². The number of nitrogens with zero attached hydrogens (tertiary/aromatic N) is 2. The van der Waals surface area contributed by atoms with Crippen molar-refractivity contribution >= 4 is 29.3 Å². The molecule has 0 aliphatic heterocycles. The molecule has 0 aliphatic carbocycles. The number of ether oxygens (including phenoxy) is 1. The lowest BCUT2D eigenvalue weighted by Gasteiger charge is -2.10. The van der Waals surface area contributed by atoms with Crippen LogP contribution in [0.25, 0.3) is 0 Å². The molecule has 1 N–H and O–H groups in total. The van der Waals surface area contributed by atoms with E-state index < -0.39 is 5.97 Å². The summed E-state index contributed by atoms with van der Waals surface area (Å²) in [6, 6.07) is 14.3. The fourth-order valence-electron chi connectivity index (χ4n) is 2.59. The molecule has 2 aromatic heterocycles. The molecular formula is C21H17N3O4S. The number of carbonyl (C=O) groups is 2. The van der Waals surface area contributed by atoms with Crippen LogP contribution in [0.15, 0.2) is 58.2 Å². The van der Waals surface area contributed by atoms with E-state index in [1.165, 1.54) is 31.2 Å². The van der Waals surface area contributed by atoms with Gasteiger partial charge in [-0.15, -0.1) is 11.8 Å². The second-order valence-electron chi connectivity index (χ2n) is 5.96. The molecule has 8 heteroatoms. The monoisotopic (exact) mass is 407 g/mol. The number of thioether (sulfide) groups is 1. The normalized spacial score (nSPS) is 10.2. The first kappa shape index (κ1) is 20.2.